The van der Waals surface area contributed by atoms with Crippen molar-refractivity contribution in [2.45, 2.75) is 39.3 Å². The highest BCUT2D eigenvalue weighted by Gasteiger charge is 2.21. The zero-order chi connectivity index (χ0) is 12.1. The van der Waals surface area contributed by atoms with E-state index >= 15 is 0 Å². The summed E-state index contributed by atoms with van der Waals surface area (Å²) in [5.74, 6) is -0.753. The third kappa shape index (κ3) is 3.57. The van der Waals surface area contributed by atoms with Gasteiger partial charge >= 0.3 is 5.97 Å². The van der Waals surface area contributed by atoms with Crippen LogP contribution in [0, 0.1) is 6.92 Å². The molecule has 0 spiro atoms. The van der Waals surface area contributed by atoms with Crippen LogP contribution in [0.5, 0.6) is 0 Å². The fourth-order valence-electron chi connectivity index (χ4n) is 1.65. The first-order chi connectivity index (χ1) is 7.54. The zero-order valence-corrected chi connectivity index (χ0v) is 10.8. The molecule has 0 saturated carbocycles. The molecule has 1 atom stereocenters. The van der Waals surface area contributed by atoms with E-state index in [1.54, 1.807) is 11.3 Å². The molecule has 1 N–H and O–H groups in total. The molecule has 0 aliphatic carbocycles. The Morgan fingerprint density at radius 1 is 1.69 bits per heavy atom. The number of aryl methyl sites for hydroxylation is 1. The first-order valence-electron chi connectivity index (χ1n) is 5.38. The van der Waals surface area contributed by atoms with E-state index < -0.39 is 12.0 Å². The summed E-state index contributed by atoms with van der Waals surface area (Å²) in [6, 6.07) is -0.410. The predicted octanol–water partition coefficient (Wildman–Crippen LogP) is 2.14. The molecule has 1 rings (SSSR count). The molecule has 90 valence electrons. The summed E-state index contributed by atoms with van der Waals surface area (Å²) in [6.07, 6.45) is 1.55. The molecule has 0 fully saturated rings. The molecule has 0 bridgehead atoms. The standard InChI is InChI=1S/C11H18N2O2S/c1-4-5-10(11(14)15)13(3)6-9-7-16-8(2)12-9/h7,10H,4-6H2,1-3H3,(H,14,15). The fraction of sp³-hybridized carbons (Fsp3) is 0.636. The average Bonchev–Trinajstić information content (AvgIpc) is 2.59. The van der Waals surface area contributed by atoms with Gasteiger partial charge in [-0.05, 0) is 20.4 Å². The quantitative estimate of drug-likeness (QED) is 0.830. The van der Waals surface area contributed by atoms with E-state index in [1.165, 1.54) is 0 Å². The lowest BCUT2D eigenvalue weighted by Gasteiger charge is -2.23. The molecule has 0 radical (unpaired) electrons. The molecule has 1 unspecified atom stereocenters. The van der Waals surface area contributed by atoms with Gasteiger partial charge in [-0.1, -0.05) is 13.3 Å². The summed E-state index contributed by atoms with van der Waals surface area (Å²) in [5.41, 5.74) is 0.951. The molecule has 1 heterocycles. The van der Waals surface area contributed by atoms with Gasteiger partial charge in [0.2, 0.25) is 0 Å². The second kappa shape index (κ2) is 5.96. The Morgan fingerprint density at radius 3 is 2.81 bits per heavy atom. The lowest BCUT2D eigenvalue weighted by Crippen LogP contribution is -2.37. The summed E-state index contributed by atoms with van der Waals surface area (Å²) in [6.45, 7) is 4.55. The van der Waals surface area contributed by atoms with Crippen molar-refractivity contribution >= 4 is 17.3 Å². The molecule has 0 amide bonds. The number of rotatable bonds is 6. The van der Waals surface area contributed by atoms with Gasteiger partial charge < -0.3 is 5.11 Å². The number of hydrogen-bond acceptors (Lipinski definition) is 4. The SMILES string of the molecule is CCCC(C(=O)O)N(C)Cc1csc(C)n1. The van der Waals surface area contributed by atoms with E-state index in [9.17, 15) is 4.79 Å². The van der Waals surface area contributed by atoms with Crippen molar-refractivity contribution in [1.29, 1.82) is 0 Å². The third-order valence-electron chi connectivity index (χ3n) is 2.46. The van der Waals surface area contributed by atoms with Crippen LogP contribution in [0.3, 0.4) is 0 Å². The molecule has 1 aromatic rings. The highest BCUT2D eigenvalue weighted by molar-refractivity contribution is 7.09. The monoisotopic (exact) mass is 242 g/mol. The highest BCUT2D eigenvalue weighted by Crippen LogP contribution is 2.13. The Labute approximate surface area is 99.9 Å². The van der Waals surface area contributed by atoms with Crippen LogP contribution < -0.4 is 0 Å². The predicted molar refractivity (Wildman–Crippen MR) is 64.6 cm³/mol. The van der Waals surface area contributed by atoms with Crippen LogP contribution in [0.25, 0.3) is 0 Å². The van der Waals surface area contributed by atoms with Crippen molar-refractivity contribution in [2.75, 3.05) is 7.05 Å². The minimum atomic E-state index is -0.753. The lowest BCUT2D eigenvalue weighted by atomic mass is 10.1. The van der Waals surface area contributed by atoms with Crippen LogP contribution in [-0.4, -0.2) is 34.0 Å². The summed E-state index contributed by atoms with van der Waals surface area (Å²) >= 11 is 1.59. The maximum absolute atomic E-state index is 11.1. The van der Waals surface area contributed by atoms with Crippen molar-refractivity contribution in [3.8, 4) is 0 Å². The summed E-state index contributed by atoms with van der Waals surface area (Å²) < 4.78 is 0. The van der Waals surface area contributed by atoms with E-state index in [4.69, 9.17) is 5.11 Å². The lowest BCUT2D eigenvalue weighted by molar-refractivity contribution is -0.143. The van der Waals surface area contributed by atoms with Crippen LogP contribution >= 0.6 is 11.3 Å². The molecular weight excluding hydrogens is 224 g/mol. The topological polar surface area (TPSA) is 53.4 Å². The van der Waals surface area contributed by atoms with Gasteiger partial charge in [-0.3, -0.25) is 9.69 Å². The third-order valence-corrected chi connectivity index (χ3v) is 3.28. The average molecular weight is 242 g/mol. The van der Waals surface area contributed by atoms with Gasteiger partial charge in [0.25, 0.3) is 0 Å². The van der Waals surface area contributed by atoms with E-state index in [2.05, 4.69) is 4.98 Å². The van der Waals surface area contributed by atoms with Crippen molar-refractivity contribution in [3.05, 3.63) is 16.1 Å². The van der Waals surface area contributed by atoms with Gasteiger partial charge in [0.1, 0.15) is 6.04 Å². The van der Waals surface area contributed by atoms with E-state index in [0.29, 0.717) is 13.0 Å². The van der Waals surface area contributed by atoms with Crippen molar-refractivity contribution in [1.82, 2.24) is 9.88 Å². The summed E-state index contributed by atoms with van der Waals surface area (Å²) in [5, 5.41) is 12.1. The number of likely N-dealkylation sites (N-methyl/N-ethyl adjacent to an activating group) is 1. The molecule has 0 aromatic carbocycles. The minimum absolute atomic E-state index is 0.410. The second-order valence-corrected chi connectivity index (χ2v) is 4.98. The van der Waals surface area contributed by atoms with Gasteiger partial charge in [-0.15, -0.1) is 11.3 Å². The Morgan fingerprint density at radius 2 is 2.38 bits per heavy atom. The first-order valence-corrected chi connectivity index (χ1v) is 6.26. The van der Waals surface area contributed by atoms with Crippen molar-refractivity contribution in [2.24, 2.45) is 0 Å². The number of aliphatic carboxylic acids is 1. The molecule has 16 heavy (non-hydrogen) atoms. The van der Waals surface area contributed by atoms with E-state index in [0.717, 1.165) is 17.1 Å². The van der Waals surface area contributed by atoms with E-state index in [1.807, 2.05) is 31.2 Å². The number of aromatic nitrogens is 1. The minimum Gasteiger partial charge on any atom is -0.480 e. The van der Waals surface area contributed by atoms with Gasteiger partial charge in [-0.25, -0.2) is 4.98 Å². The van der Waals surface area contributed by atoms with Crippen LogP contribution in [0.1, 0.15) is 30.5 Å². The number of carbonyl (C=O) groups is 1. The van der Waals surface area contributed by atoms with Crippen LogP contribution in [0.15, 0.2) is 5.38 Å². The Hall–Kier alpha value is -0.940. The number of thiazole rings is 1. The molecule has 0 saturated heterocycles. The highest BCUT2D eigenvalue weighted by atomic mass is 32.1. The second-order valence-electron chi connectivity index (χ2n) is 3.92. The van der Waals surface area contributed by atoms with Crippen molar-refractivity contribution < 1.29 is 9.90 Å². The molecular formula is C11H18N2O2S. The van der Waals surface area contributed by atoms with Crippen LogP contribution in [-0.2, 0) is 11.3 Å². The molecule has 5 heteroatoms. The number of carboxylic acid groups (broad SMARTS) is 1. The fourth-order valence-corrected chi connectivity index (χ4v) is 2.26. The normalized spacial score (nSPS) is 13.0. The van der Waals surface area contributed by atoms with E-state index in [-0.39, 0.29) is 0 Å². The van der Waals surface area contributed by atoms with Crippen LogP contribution in [0.4, 0.5) is 0 Å². The summed E-state index contributed by atoms with van der Waals surface area (Å²) in [7, 11) is 1.84. The Bertz CT molecular complexity index is 352. The van der Waals surface area contributed by atoms with Gasteiger partial charge in [-0.2, -0.15) is 0 Å². The molecule has 0 aliphatic heterocycles. The Balaban J connectivity index is 2.61. The largest absolute Gasteiger partial charge is 0.480 e. The number of nitrogens with zero attached hydrogens (tertiary/aromatic N) is 2. The van der Waals surface area contributed by atoms with Crippen LogP contribution in [0.2, 0.25) is 0 Å². The smallest absolute Gasteiger partial charge is 0.320 e. The maximum atomic E-state index is 11.1. The molecule has 1 aromatic heterocycles. The first kappa shape index (κ1) is 13.1. The molecule has 4 nitrogen and oxygen atoms in total. The number of hydrogen-bond donors (Lipinski definition) is 1. The maximum Gasteiger partial charge on any atom is 0.320 e. The zero-order valence-electron chi connectivity index (χ0n) is 9.93. The molecule has 0 aliphatic rings. The number of carboxylic acids is 1. The summed E-state index contributed by atoms with van der Waals surface area (Å²) in [4.78, 5) is 17.3. The van der Waals surface area contributed by atoms with Crippen molar-refractivity contribution in [3.63, 3.8) is 0 Å². The Kier molecular flexibility index (Phi) is 4.89. The van der Waals surface area contributed by atoms with Gasteiger partial charge in [0, 0.05) is 11.9 Å². The van der Waals surface area contributed by atoms with Gasteiger partial charge in [0.15, 0.2) is 0 Å². The van der Waals surface area contributed by atoms with Gasteiger partial charge in [0.05, 0.1) is 10.7 Å².